The van der Waals surface area contributed by atoms with Gasteiger partial charge in [0.1, 0.15) is 11.7 Å². The van der Waals surface area contributed by atoms with Gasteiger partial charge in [0.25, 0.3) is 0 Å². The Morgan fingerprint density at radius 2 is 1.97 bits per heavy atom. The maximum absolute atomic E-state index is 13.5. The van der Waals surface area contributed by atoms with E-state index in [0.717, 1.165) is 0 Å². The average molecular weight is 391 g/mol. The fourth-order valence-corrected chi connectivity index (χ4v) is 4.22. The van der Waals surface area contributed by atoms with Crippen molar-refractivity contribution >= 4 is 11.8 Å². The van der Waals surface area contributed by atoms with Crippen LogP contribution in [-0.4, -0.2) is 36.4 Å². The summed E-state index contributed by atoms with van der Waals surface area (Å²) in [6.45, 7) is 2.22. The number of carbonyl (C=O) groups is 1. The van der Waals surface area contributed by atoms with Crippen molar-refractivity contribution in [2.45, 2.75) is 12.8 Å². The van der Waals surface area contributed by atoms with Crippen LogP contribution in [0.4, 0.5) is 9.18 Å². The molecule has 3 rings (SSSR count). The van der Waals surface area contributed by atoms with E-state index in [4.69, 9.17) is 10.1 Å². The minimum absolute atomic E-state index is 0.128. The zero-order valence-corrected chi connectivity index (χ0v) is 15.7. The maximum atomic E-state index is 13.5. The Balaban J connectivity index is 2.18. The lowest BCUT2D eigenvalue weighted by molar-refractivity contribution is 0.0992. The SMILES string of the molecule is CCOC(=O)N1CC=C2C(C#N)C(=N)C(C#N)(C#N)[C@H](c3ccc(F)cc3)[C@@H]2C1. The van der Waals surface area contributed by atoms with Gasteiger partial charge in [-0.3, -0.25) is 0 Å². The molecule has 1 aromatic rings. The molecule has 1 N–H and O–H groups in total. The monoisotopic (exact) mass is 391 g/mol. The number of halogens is 1. The van der Waals surface area contributed by atoms with Crippen LogP contribution in [0.2, 0.25) is 0 Å². The predicted molar refractivity (Wildman–Crippen MR) is 99.8 cm³/mol. The molecule has 1 fully saturated rings. The second-order valence-corrected chi connectivity index (χ2v) is 6.95. The molecule has 1 amide bonds. The molecule has 0 radical (unpaired) electrons. The molecule has 29 heavy (non-hydrogen) atoms. The summed E-state index contributed by atoms with van der Waals surface area (Å²) < 4.78 is 18.6. The van der Waals surface area contributed by atoms with Crippen molar-refractivity contribution in [2.24, 2.45) is 17.3 Å². The Morgan fingerprint density at radius 1 is 1.31 bits per heavy atom. The van der Waals surface area contributed by atoms with Gasteiger partial charge in [-0.15, -0.1) is 0 Å². The third-order valence-corrected chi connectivity index (χ3v) is 5.55. The number of fused-ring (bicyclic) bond motifs is 1. The normalized spacial score (nSPS) is 24.9. The van der Waals surface area contributed by atoms with Crippen LogP contribution in [0.1, 0.15) is 18.4 Å². The van der Waals surface area contributed by atoms with Gasteiger partial charge in [-0.2, -0.15) is 15.8 Å². The molecule has 146 valence electrons. The number of hydrogen-bond donors (Lipinski definition) is 1. The first-order valence-corrected chi connectivity index (χ1v) is 9.11. The quantitative estimate of drug-likeness (QED) is 0.775. The van der Waals surface area contributed by atoms with Gasteiger partial charge in [-0.1, -0.05) is 18.2 Å². The third-order valence-electron chi connectivity index (χ3n) is 5.55. The van der Waals surface area contributed by atoms with E-state index in [-0.39, 0.29) is 25.4 Å². The number of benzene rings is 1. The van der Waals surface area contributed by atoms with Crippen molar-refractivity contribution in [1.82, 2.24) is 4.90 Å². The van der Waals surface area contributed by atoms with Crippen molar-refractivity contribution < 1.29 is 13.9 Å². The Hall–Kier alpha value is -3.70. The van der Waals surface area contributed by atoms with Crippen molar-refractivity contribution in [3.8, 4) is 18.2 Å². The van der Waals surface area contributed by atoms with Crippen LogP contribution in [0.25, 0.3) is 0 Å². The summed E-state index contributed by atoms with van der Waals surface area (Å²) in [7, 11) is 0. The van der Waals surface area contributed by atoms with E-state index in [9.17, 15) is 25.0 Å². The molecule has 8 heteroatoms. The molecule has 3 atom stereocenters. The van der Waals surface area contributed by atoms with Crippen molar-refractivity contribution in [2.75, 3.05) is 19.7 Å². The van der Waals surface area contributed by atoms with Crippen molar-refractivity contribution in [3.63, 3.8) is 0 Å². The number of carbonyl (C=O) groups excluding carboxylic acids is 1. The second kappa shape index (κ2) is 7.73. The Bertz CT molecular complexity index is 982. The number of amides is 1. The van der Waals surface area contributed by atoms with Crippen LogP contribution >= 0.6 is 0 Å². The maximum Gasteiger partial charge on any atom is 0.410 e. The molecule has 1 aliphatic carbocycles. The standard InChI is InChI=1S/C21H18FN5O2/c1-2-29-20(28)27-8-7-15-16(9-23)19(26)21(11-24,12-25)18(17(15)10-27)13-3-5-14(22)6-4-13/h3-7,16-18,26H,2,8,10H2,1H3/t16?,17-,18-/m1/s1. The number of rotatable bonds is 2. The summed E-state index contributed by atoms with van der Waals surface area (Å²) in [4.78, 5) is 13.7. The fourth-order valence-electron chi connectivity index (χ4n) is 4.22. The van der Waals surface area contributed by atoms with Gasteiger partial charge >= 0.3 is 6.09 Å². The average Bonchev–Trinajstić information content (AvgIpc) is 2.74. The highest BCUT2D eigenvalue weighted by Gasteiger charge is 2.58. The molecule has 0 bridgehead atoms. The summed E-state index contributed by atoms with van der Waals surface area (Å²) in [6, 6.07) is 11.4. The Labute approximate surface area is 167 Å². The van der Waals surface area contributed by atoms with E-state index in [2.05, 4.69) is 0 Å². The number of hydrogen-bond acceptors (Lipinski definition) is 6. The number of nitrogens with one attached hydrogen (secondary N) is 1. The summed E-state index contributed by atoms with van der Waals surface area (Å²) in [6.07, 6.45) is 1.16. The first kappa shape index (κ1) is 20.0. The third kappa shape index (κ3) is 3.11. The van der Waals surface area contributed by atoms with Crippen LogP contribution in [0.15, 0.2) is 35.9 Å². The molecule has 1 aliphatic heterocycles. The van der Waals surface area contributed by atoms with Gasteiger partial charge in [0.2, 0.25) is 0 Å². The van der Waals surface area contributed by atoms with Crippen LogP contribution in [0.3, 0.4) is 0 Å². The molecule has 0 spiro atoms. The van der Waals surface area contributed by atoms with Gasteiger partial charge in [0.15, 0.2) is 5.41 Å². The lowest BCUT2D eigenvalue weighted by Gasteiger charge is -2.47. The highest BCUT2D eigenvalue weighted by molar-refractivity contribution is 6.00. The topological polar surface area (TPSA) is 125 Å². The molecular weight excluding hydrogens is 373 g/mol. The molecule has 1 saturated carbocycles. The van der Waals surface area contributed by atoms with E-state index in [1.54, 1.807) is 13.0 Å². The minimum Gasteiger partial charge on any atom is -0.450 e. The van der Waals surface area contributed by atoms with Gasteiger partial charge in [-0.25, -0.2) is 9.18 Å². The van der Waals surface area contributed by atoms with Gasteiger partial charge in [0.05, 0.1) is 30.5 Å². The molecule has 2 aliphatic rings. The lowest BCUT2D eigenvalue weighted by Crippen LogP contribution is -2.53. The molecule has 1 aromatic carbocycles. The first-order valence-electron chi connectivity index (χ1n) is 9.11. The summed E-state index contributed by atoms with van der Waals surface area (Å²) in [5, 5.41) is 38.1. The number of ether oxygens (including phenoxy) is 1. The summed E-state index contributed by atoms with van der Waals surface area (Å²) in [5.41, 5.74) is -1.09. The Kier molecular flexibility index (Phi) is 5.35. The first-order chi connectivity index (χ1) is 13.9. The van der Waals surface area contributed by atoms with Gasteiger partial charge in [-0.05, 0) is 30.2 Å². The van der Waals surface area contributed by atoms with E-state index in [0.29, 0.717) is 11.1 Å². The number of nitrogens with zero attached hydrogens (tertiary/aromatic N) is 4. The fraction of sp³-hybridized carbons (Fsp3) is 0.381. The molecule has 0 aromatic heterocycles. The number of nitriles is 3. The highest BCUT2D eigenvalue weighted by Crippen LogP contribution is 2.53. The molecule has 1 heterocycles. The lowest BCUT2D eigenvalue weighted by atomic mass is 9.54. The molecule has 0 saturated heterocycles. The van der Waals surface area contributed by atoms with Gasteiger partial charge in [0, 0.05) is 24.9 Å². The van der Waals surface area contributed by atoms with E-state index in [1.165, 1.54) is 29.2 Å². The van der Waals surface area contributed by atoms with E-state index in [1.807, 2.05) is 18.2 Å². The summed E-state index contributed by atoms with van der Waals surface area (Å²) in [5.74, 6) is -2.89. The zero-order chi connectivity index (χ0) is 21.2. The molecular formula is C21H18FN5O2. The Morgan fingerprint density at radius 3 is 2.52 bits per heavy atom. The van der Waals surface area contributed by atoms with Crippen molar-refractivity contribution in [1.29, 1.82) is 21.2 Å². The molecule has 7 nitrogen and oxygen atoms in total. The van der Waals surface area contributed by atoms with Crippen LogP contribution in [-0.2, 0) is 4.74 Å². The van der Waals surface area contributed by atoms with E-state index < -0.39 is 35.1 Å². The van der Waals surface area contributed by atoms with Gasteiger partial charge < -0.3 is 15.0 Å². The van der Waals surface area contributed by atoms with Crippen LogP contribution < -0.4 is 0 Å². The predicted octanol–water partition coefficient (Wildman–Crippen LogP) is 3.13. The minimum atomic E-state index is -1.90. The van der Waals surface area contributed by atoms with Crippen LogP contribution in [0.5, 0.6) is 0 Å². The zero-order valence-electron chi connectivity index (χ0n) is 15.7. The summed E-state index contributed by atoms with van der Waals surface area (Å²) >= 11 is 0. The second-order valence-electron chi connectivity index (χ2n) is 6.95. The van der Waals surface area contributed by atoms with Crippen molar-refractivity contribution in [3.05, 3.63) is 47.3 Å². The van der Waals surface area contributed by atoms with E-state index >= 15 is 0 Å². The molecule has 1 unspecified atom stereocenters. The highest BCUT2D eigenvalue weighted by atomic mass is 19.1. The van der Waals surface area contributed by atoms with Crippen LogP contribution in [0, 0.1) is 62.5 Å². The smallest absolute Gasteiger partial charge is 0.410 e. The largest absolute Gasteiger partial charge is 0.450 e.